The predicted octanol–water partition coefficient (Wildman–Crippen LogP) is 6.52. The molecular weight excluding hydrogens is 469 g/mol. The molecule has 0 bridgehead atoms. The summed E-state index contributed by atoms with van der Waals surface area (Å²) in [5.41, 5.74) is -0.0384. The number of halogens is 2. The Morgan fingerprint density at radius 3 is 2.71 bits per heavy atom. The Labute approximate surface area is 212 Å². The Hall–Kier alpha value is -3.31. The molecule has 1 aromatic heterocycles. The van der Waals surface area contributed by atoms with Crippen molar-refractivity contribution in [3.05, 3.63) is 75.9 Å². The lowest BCUT2D eigenvalue weighted by atomic mass is 10.2. The van der Waals surface area contributed by atoms with Crippen LogP contribution in [0.5, 0.6) is 0 Å². The third kappa shape index (κ3) is 9.10. The van der Waals surface area contributed by atoms with Crippen LogP contribution in [-0.2, 0) is 4.74 Å². The van der Waals surface area contributed by atoms with Crippen LogP contribution in [0.1, 0.15) is 59.4 Å². The first-order chi connectivity index (χ1) is 16.3. The number of unbranched alkanes of at least 4 members (excludes halogenated alkanes) is 1. The molecule has 0 radical (unpaired) electrons. The molecule has 1 aliphatic carbocycles. The monoisotopic (exact) mass is 503 g/mol. The highest BCUT2D eigenvalue weighted by molar-refractivity contribution is 6.33. The molecule has 1 fully saturated rings. The summed E-state index contributed by atoms with van der Waals surface area (Å²) in [7, 11) is 0. The molecule has 0 spiro atoms. The summed E-state index contributed by atoms with van der Waals surface area (Å²) in [5, 5.41) is 11.5. The van der Waals surface area contributed by atoms with E-state index < -0.39 is 11.4 Å². The van der Waals surface area contributed by atoms with Gasteiger partial charge in [0.2, 0.25) is 5.82 Å². The number of nitrogens with zero attached hydrogens (tertiary/aromatic N) is 3. The minimum absolute atomic E-state index is 0. The second-order valence-electron chi connectivity index (χ2n) is 8.04. The van der Waals surface area contributed by atoms with Gasteiger partial charge in [0.05, 0.1) is 28.7 Å². The average molecular weight is 504 g/mol. The first-order valence-electron chi connectivity index (χ1n) is 11.2. The Bertz CT molecular complexity index is 1110. The van der Waals surface area contributed by atoms with Gasteiger partial charge < -0.3 is 19.9 Å². The zero-order valence-corrected chi connectivity index (χ0v) is 20.6. The lowest BCUT2D eigenvalue weighted by molar-refractivity contribution is 0.0490. The number of benzene rings is 1. The highest BCUT2D eigenvalue weighted by Gasteiger charge is 2.41. The Kier molecular flexibility index (Phi) is 12.0. The van der Waals surface area contributed by atoms with Gasteiger partial charge in [0.25, 0.3) is 5.56 Å². The zero-order chi connectivity index (χ0) is 25.1. The van der Waals surface area contributed by atoms with Crippen molar-refractivity contribution in [3.63, 3.8) is 0 Å². The molecule has 0 saturated heterocycles. The van der Waals surface area contributed by atoms with E-state index in [0.717, 1.165) is 38.1 Å². The van der Waals surface area contributed by atoms with Crippen molar-refractivity contribution in [2.75, 3.05) is 18.4 Å². The molecule has 7 nitrogen and oxygen atoms in total. The van der Waals surface area contributed by atoms with Crippen LogP contribution in [0.3, 0.4) is 0 Å². The lowest BCUT2D eigenvalue weighted by Crippen LogP contribution is -2.27. The molecule has 3 rings (SSSR count). The van der Waals surface area contributed by atoms with E-state index in [4.69, 9.17) is 21.6 Å². The van der Waals surface area contributed by atoms with E-state index in [1.807, 2.05) is 12.1 Å². The maximum absolute atomic E-state index is 13.4. The quantitative estimate of drug-likeness (QED) is 0.283. The van der Waals surface area contributed by atoms with E-state index in [1.54, 1.807) is 0 Å². The van der Waals surface area contributed by atoms with Gasteiger partial charge in [-0.15, -0.1) is 6.58 Å². The molecule has 35 heavy (non-hydrogen) atoms. The summed E-state index contributed by atoms with van der Waals surface area (Å²) in [6, 6.07) is 6.36. The van der Waals surface area contributed by atoms with Crippen molar-refractivity contribution < 1.29 is 9.13 Å². The molecule has 1 aromatic carbocycles. The van der Waals surface area contributed by atoms with Gasteiger partial charge in [0.15, 0.2) is 11.7 Å². The fraction of sp³-hybridized carbons (Fsp3) is 0.423. The molecule has 1 heterocycles. The molecule has 0 unspecified atom stereocenters. The van der Waals surface area contributed by atoms with Crippen LogP contribution in [0.25, 0.3) is 0 Å². The molecule has 0 atom stereocenters. The number of ether oxygens (including phenoxy) is 1. The summed E-state index contributed by atoms with van der Waals surface area (Å²) in [6.45, 7) is 12.2. The van der Waals surface area contributed by atoms with Gasteiger partial charge in [-0.05, 0) is 57.4 Å². The number of H-pyrrole nitrogens is 1. The average Bonchev–Trinajstić information content (AvgIpc) is 3.56. The zero-order valence-electron chi connectivity index (χ0n) is 19.8. The molecule has 0 amide bonds. The normalized spacial score (nSPS) is 13.3. The van der Waals surface area contributed by atoms with Gasteiger partial charge >= 0.3 is 0 Å². The smallest absolute Gasteiger partial charge is 0.289 e. The number of aromatic amines is 1. The van der Waals surface area contributed by atoms with Crippen LogP contribution in [-0.4, -0.2) is 33.6 Å². The molecule has 1 aliphatic rings. The van der Waals surface area contributed by atoms with Crippen molar-refractivity contribution in [3.8, 4) is 6.07 Å². The van der Waals surface area contributed by atoms with Gasteiger partial charge in [0, 0.05) is 13.1 Å². The van der Waals surface area contributed by atoms with Gasteiger partial charge in [-0.25, -0.2) is 4.98 Å². The highest BCUT2D eigenvalue weighted by Crippen LogP contribution is 2.41. The van der Waals surface area contributed by atoms with Crippen LogP contribution in [0.4, 0.5) is 15.9 Å². The first kappa shape index (κ1) is 29.7. The number of hydrogen-bond acceptors (Lipinski definition) is 6. The summed E-state index contributed by atoms with van der Waals surface area (Å²) in [6.07, 6.45) is 9.84. The van der Waals surface area contributed by atoms with Crippen LogP contribution in [0, 0.1) is 17.1 Å². The van der Waals surface area contributed by atoms with Gasteiger partial charge in [-0.1, -0.05) is 38.4 Å². The summed E-state index contributed by atoms with van der Waals surface area (Å²) in [5.74, 6) is -0.215. The van der Waals surface area contributed by atoms with Crippen molar-refractivity contribution in [1.29, 1.82) is 5.26 Å². The van der Waals surface area contributed by atoms with E-state index in [0.29, 0.717) is 11.3 Å². The van der Waals surface area contributed by atoms with Gasteiger partial charge in [-0.2, -0.15) is 9.65 Å². The number of likely N-dealkylation sites (N-methyl/N-ethyl adjacent to an activating group) is 1. The topological polar surface area (TPSA) is 94.0 Å². The number of anilines is 2. The number of allylic oxidation sites excluding steroid dienone is 1. The molecule has 0 aliphatic heterocycles. The second kappa shape index (κ2) is 14.2. The van der Waals surface area contributed by atoms with E-state index in [2.05, 4.69) is 53.6 Å². The van der Waals surface area contributed by atoms with E-state index in [1.165, 1.54) is 31.0 Å². The Balaban J connectivity index is 0.000000343. The van der Waals surface area contributed by atoms with Crippen molar-refractivity contribution in [2.45, 2.75) is 59.5 Å². The van der Waals surface area contributed by atoms with Crippen molar-refractivity contribution in [2.24, 2.45) is 0 Å². The van der Waals surface area contributed by atoms with Crippen LogP contribution >= 0.6 is 11.6 Å². The van der Waals surface area contributed by atoms with Gasteiger partial charge in [-0.3, -0.25) is 4.79 Å². The summed E-state index contributed by atoms with van der Waals surface area (Å²) < 4.78 is 19.5. The minimum atomic E-state index is -1.03. The van der Waals surface area contributed by atoms with E-state index in [9.17, 15) is 9.18 Å². The minimum Gasteiger partial charge on any atom is -0.473 e. The summed E-state index contributed by atoms with van der Waals surface area (Å²) in [4.78, 5) is 19.0. The molecule has 9 heteroatoms. The molecule has 2 aromatic rings. The number of nitrogens with one attached hydrogen (secondary N) is 2. The Morgan fingerprint density at radius 1 is 1.46 bits per heavy atom. The fourth-order valence-electron chi connectivity index (χ4n) is 2.85. The van der Waals surface area contributed by atoms with Gasteiger partial charge in [0.1, 0.15) is 5.60 Å². The molecule has 2 N–H and O–H groups in total. The van der Waals surface area contributed by atoms with E-state index in [-0.39, 0.29) is 23.9 Å². The largest absolute Gasteiger partial charge is 0.473 e. The third-order valence-electron chi connectivity index (χ3n) is 5.10. The van der Waals surface area contributed by atoms with Crippen LogP contribution in [0.2, 0.25) is 5.02 Å². The maximum Gasteiger partial charge on any atom is 0.289 e. The lowest BCUT2D eigenvalue weighted by Gasteiger charge is -2.27. The standard InChI is InChI=1S/C14H25NO.C11H6ClFN4O.CH4/c1-5-8-9-13(15(7-3)12-6-2)16-14(4)10-11-14;12-7-3-6(4-14)1-2-8(7)17-10-9(13)11(18)16-5-15-10;/h6,9H,2,5,7-8,10-12H2,1,3-4H3;1-3,5H,(H2,15,16,17,18);1H4/b13-9-;;. The predicted molar refractivity (Wildman–Crippen MR) is 140 cm³/mol. The molecule has 1 saturated carbocycles. The SMILES string of the molecule is C.C=CCN(CC)/C(=C/CCC)OC1(C)CC1.N#Cc1ccc(Nc2nc[nH]c(=O)c2F)c(Cl)c1. The number of aromatic nitrogens is 2. The van der Waals surface area contributed by atoms with Crippen molar-refractivity contribution in [1.82, 2.24) is 14.9 Å². The molecular formula is C26H35ClFN5O2. The maximum atomic E-state index is 13.4. The second-order valence-corrected chi connectivity index (χ2v) is 8.44. The fourth-order valence-corrected chi connectivity index (χ4v) is 3.08. The first-order valence-corrected chi connectivity index (χ1v) is 11.6. The van der Waals surface area contributed by atoms with E-state index >= 15 is 0 Å². The number of rotatable bonds is 10. The van der Waals surface area contributed by atoms with Crippen LogP contribution in [0.15, 0.2) is 53.9 Å². The highest BCUT2D eigenvalue weighted by atomic mass is 35.5. The Morgan fingerprint density at radius 2 is 2.17 bits per heavy atom. The number of nitriles is 1. The number of hydrogen-bond donors (Lipinski definition) is 2. The third-order valence-corrected chi connectivity index (χ3v) is 5.42. The summed E-state index contributed by atoms with van der Waals surface area (Å²) >= 11 is 5.90. The van der Waals surface area contributed by atoms with Crippen LogP contribution < -0.4 is 10.9 Å². The van der Waals surface area contributed by atoms with Crippen molar-refractivity contribution >= 4 is 23.1 Å². The molecule has 190 valence electrons.